The molecule has 1 atom stereocenters. The zero-order chi connectivity index (χ0) is 11.3. The monoisotopic (exact) mass is 207 g/mol. The number of hydrogen-bond donors (Lipinski definition) is 2. The Balaban J connectivity index is 2.63. The lowest BCUT2D eigenvalue weighted by Crippen LogP contribution is -2.30. The molecule has 0 saturated carbocycles. The van der Waals surface area contributed by atoms with Crippen LogP contribution in [0.25, 0.3) is 0 Å². The number of aliphatic carboxylic acids is 1. The molecule has 2 N–H and O–H groups in total. The van der Waals surface area contributed by atoms with Gasteiger partial charge in [0.05, 0.1) is 0 Å². The SMILES string of the molecule is CC(C)C[C@@H](Nc1ccccc1)C(=O)O. The molecule has 0 radical (unpaired) electrons. The summed E-state index contributed by atoms with van der Waals surface area (Å²) in [6, 6.07) is 8.91. The number of nitrogens with one attached hydrogen (secondary N) is 1. The van der Waals surface area contributed by atoms with Gasteiger partial charge in [0.2, 0.25) is 0 Å². The van der Waals surface area contributed by atoms with E-state index < -0.39 is 12.0 Å². The van der Waals surface area contributed by atoms with Crippen LogP contribution in [0.15, 0.2) is 30.3 Å². The molecule has 0 aliphatic carbocycles. The normalized spacial score (nSPS) is 12.5. The van der Waals surface area contributed by atoms with Gasteiger partial charge in [-0.2, -0.15) is 0 Å². The molecule has 0 heterocycles. The van der Waals surface area contributed by atoms with Crippen LogP contribution in [0, 0.1) is 5.92 Å². The Morgan fingerprint density at radius 2 is 1.93 bits per heavy atom. The van der Waals surface area contributed by atoms with Gasteiger partial charge in [-0.15, -0.1) is 0 Å². The van der Waals surface area contributed by atoms with Gasteiger partial charge in [0.15, 0.2) is 0 Å². The van der Waals surface area contributed by atoms with Crippen LogP contribution in [0.2, 0.25) is 0 Å². The molecule has 1 aromatic carbocycles. The van der Waals surface area contributed by atoms with Crippen molar-refractivity contribution in [2.24, 2.45) is 5.92 Å². The fraction of sp³-hybridized carbons (Fsp3) is 0.417. The van der Waals surface area contributed by atoms with Crippen LogP contribution in [0.3, 0.4) is 0 Å². The summed E-state index contributed by atoms with van der Waals surface area (Å²) in [5.41, 5.74) is 0.852. The van der Waals surface area contributed by atoms with Crippen LogP contribution in [0.4, 0.5) is 5.69 Å². The van der Waals surface area contributed by atoms with E-state index in [2.05, 4.69) is 5.32 Å². The van der Waals surface area contributed by atoms with E-state index in [0.29, 0.717) is 12.3 Å². The van der Waals surface area contributed by atoms with Crippen molar-refractivity contribution in [3.8, 4) is 0 Å². The van der Waals surface area contributed by atoms with Gasteiger partial charge in [-0.25, -0.2) is 4.79 Å². The Bertz CT molecular complexity index is 309. The van der Waals surface area contributed by atoms with E-state index in [1.165, 1.54) is 0 Å². The van der Waals surface area contributed by atoms with Crippen LogP contribution in [0.5, 0.6) is 0 Å². The van der Waals surface area contributed by atoms with Gasteiger partial charge in [-0.3, -0.25) is 0 Å². The predicted octanol–water partition coefficient (Wildman–Crippen LogP) is 2.60. The molecule has 0 unspecified atom stereocenters. The van der Waals surface area contributed by atoms with E-state index in [-0.39, 0.29) is 0 Å². The Morgan fingerprint density at radius 3 is 2.40 bits per heavy atom. The van der Waals surface area contributed by atoms with Gasteiger partial charge in [-0.05, 0) is 24.5 Å². The molecule has 15 heavy (non-hydrogen) atoms. The van der Waals surface area contributed by atoms with E-state index in [0.717, 1.165) is 5.69 Å². The Kier molecular flexibility index (Phi) is 4.16. The average molecular weight is 207 g/mol. The fourth-order valence-electron chi connectivity index (χ4n) is 1.43. The molecule has 0 amide bonds. The van der Waals surface area contributed by atoms with Gasteiger partial charge >= 0.3 is 5.97 Å². The quantitative estimate of drug-likeness (QED) is 0.780. The largest absolute Gasteiger partial charge is 0.480 e. The van der Waals surface area contributed by atoms with E-state index >= 15 is 0 Å². The lowest BCUT2D eigenvalue weighted by Gasteiger charge is -2.17. The molecular formula is C12H17NO2. The third kappa shape index (κ3) is 4.02. The van der Waals surface area contributed by atoms with Gasteiger partial charge in [0.1, 0.15) is 6.04 Å². The summed E-state index contributed by atoms with van der Waals surface area (Å²) in [5.74, 6) is -0.435. The van der Waals surface area contributed by atoms with Crippen molar-refractivity contribution in [1.82, 2.24) is 0 Å². The maximum absolute atomic E-state index is 11.0. The van der Waals surface area contributed by atoms with Gasteiger partial charge < -0.3 is 10.4 Å². The molecule has 0 saturated heterocycles. The zero-order valence-corrected chi connectivity index (χ0v) is 9.10. The Morgan fingerprint density at radius 1 is 1.33 bits per heavy atom. The van der Waals surface area contributed by atoms with Crippen molar-refractivity contribution in [3.05, 3.63) is 30.3 Å². The summed E-state index contributed by atoms with van der Waals surface area (Å²) in [4.78, 5) is 11.0. The van der Waals surface area contributed by atoms with Crippen molar-refractivity contribution in [2.75, 3.05) is 5.32 Å². The highest BCUT2D eigenvalue weighted by atomic mass is 16.4. The van der Waals surface area contributed by atoms with Crippen molar-refractivity contribution < 1.29 is 9.90 Å². The lowest BCUT2D eigenvalue weighted by atomic mass is 10.0. The van der Waals surface area contributed by atoms with Crippen LogP contribution in [-0.4, -0.2) is 17.1 Å². The van der Waals surface area contributed by atoms with Crippen molar-refractivity contribution in [3.63, 3.8) is 0 Å². The molecule has 0 aliphatic heterocycles. The summed E-state index contributed by atoms with van der Waals surface area (Å²) in [6.07, 6.45) is 0.629. The molecule has 0 aromatic heterocycles. The summed E-state index contributed by atoms with van der Waals surface area (Å²) in [6.45, 7) is 4.03. The number of carbonyl (C=O) groups is 1. The second-order valence-electron chi connectivity index (χ2n) is 4.03. The molecule has 1 aromatic rings. The third-order valence-corrected chi connectivity index (χ3v) is 2.12. The first-order valence-electron chi connectivity index (χ1n) is 5.14. The molecule has 82 valence electrons. The number of hydrogen-bond acceptors (Lipinski definition) is 2. The molecule has 3 heteroatoms. The smallest absolute Gasteiger partial charge is 0.326 e. The highest BCUT2D eigenvalue weighted by Gasteiger charge is 2.17. The standard InChI is InChI=1S/C12H17NO2/c1-9(2)8-11(12(14)15)13-10-6-4-3-5-7-10/h3-7,9,11,13H,8H2,1-2H3,(H,14,15)/t11-/m1/s1. The summed E-state index contributed by atoms with van der Waals surface area (Å²) in [5, 5.41) is 12.0. The van der Waals surface area contributed by atoms with Crippen molar-refractivity contribution >= 4 is 11.7 Å². The number of rotatable bonds is 5. The van der Waals surface area contributed by atoms with Gasteiger partial charge in [0.25, 0.3) is 0 Å². The topological polar surface area (TPSA) is 49.3 Å². The van der Waals surface area contributed by atoms with Crippen LogP contribution in [0.1, 0.15) is 20.3 Å². The molecule has 0 aliphatic rings. The number of para-hydroxylation sites is 1. The lowest BCUT2D eigenvalue weighted by molar-refractivity contribution is -0.138. The molecular weight excluding hydrogens is 190 g/mol. The van der Waals surface area contributed by atoms with Gasteiger partial charge in [-0.1, -0.05) is 32.0 Å². The summed E-state index contributed by atoms with van der Waals surface area (Å²) < 4.78 is 0. The Labute approximate surface area is 90.1 Å². The van der Waals surface area contributed by atoms with E-state index in [9.17, 15) is 4.79 Å². The van der Waals surface area contributed by atoms with E-state index in [1.54, 1.807) is 0 Å². The molecule has 3 nitrogen and oxygen atoms in total. The van der Waals surface area contributed by atoms with E-state index in [4.69, 9.17) is 5.11 Å². The summed E-state index contributed by atoms with van der Waals surface area (Å²) in [7, 11) is 0. The molecule has 0 fully saturated rings. The minimum atomic E-state index is -0.799. The second kappa shape index (κ2) is 5.39. The number of anilines is 1. The molecule has 0 spiro atoms. The maximum Gasteiger partial charge on any atom is 0.326 e. The minimum Gasteiger partial charge on any atom is -0.480 e. The average Bonchev–Trinajstić information content (AvgIpc) is 2.17. The number of carboxylic acid groups (broad SMARTS) is 1. The number of benzene rings is 1. The first kappa shape index (κ1) is 11.6. The minimum absolute atomic E-state index is 0.363. The van der Waals surface area contributed by atoms with Crippen LogP contribution in [-0.2, 0) is 4.79 Å². The third-order valence-electron chi connectivity index (χ3n) is 2.12. The maximum atomic E-state index is 11.0. The highest BCUT2D eigenvalue weighted by Crippen LogP contribution is 2.12. The first-order chi connectivity index (χ1) is 7.09. The fourth-order valence-corrected chi connectivity index (χ4v) is 1.43. The predicted molar refractivity (Wildman–Crippen MR) is 60.9 cm³/mol. The van der Waals surface area contributed by atoms with Crippen LogP contribution >= 0.6 is 0 Å². The van der Waals surface area contributed by atoms with Crippen LogP contribution < -0.4 is 5.32 Å². The molecule has 1 rings (SSSR count). The second-order valence-corrected chi connectivity index (χ2v) is 4.03. The van der Waals surface area contributed by atoms with E-state index in [1.807, 2.05) is 44.2 Å². The molecule has 0 bridgehead atoms. The van der Waals surface area contributed by atoms with Crippen molar-refractivity contribution in [2.45, 2.75) is 26.3 Å². The summed E-state index contributed by atoms with van der Waals surface area (Å²) >= 11 is 0. The Hall–Kier alpha value is -1.51. The van der Waals surface area contributed by atoms with Gasteiger partial charge in [0, 0.05) is 5.69 Å². The number of carboxylic acids is 1. The highest BCUT2D eigenvalue weighted by molar-refractivity contribution is 5.77. The first-order valence-corrected chi connectivity index (χ1v) is 5.14. The zero-order valence-electron chi connectivity index (χ0n) is 9.10. The van der Waals surface area contributed by atoms with Crippen molar-refractivity contribution in [1.29, 1.82) is 0 Å².